The molecule has 0 bridgehead atoms. The maximum absolute atomic E-state index is 12.9. The number of nitrogens with zero attached hydrogens (tertiary/aromatic N) is 3. The Morgan fingerprint density at radius 2 is 1.65 bits per heavy atom. The maximum Gasteiger partial charge on any atom is 0.271 e. The molecule has 12 nitrogen and oxygen atoms in total. The molecule has 2 aromatic carbocycles. The van der Waals surface area contributed by atoms with Crippen LogP contribution < -0.4 is 25.7 Å². The van der Waals surface area contributed by atoms with Gasteiger partial charge in [0, 0.05) is 42.7 Å². The number of imide groups is 1. The molecule has 2 unspecified atom stereocenters. The lowest BCUT2D eigenvalue weighted by Gasteiger charge is -2.32. The highest BCUT2D eigenvalue weighted by Crippen LogP contribution is 2.32. The van der Waals surface area contributed by atoms with Crippen LogP contribution in [0.4, 0.5) is 5.69 Å². The van der Waals surface area contributed by atoms with Gasteiger partial charge < -0.3 is 24.7 Å². The number of fused-ring (bicyclic) bond motifs is 1. The number of rotatable bonds is 9. The van der Waals surface area contributed by atoms with Crippen LogP contribution in [-0.2, 0) is 16.0 Å². The van der Waals surface area contributed by atoms with Crippen molar-refractivity contribution in [2.24, 2.45) is 0 Å². The van der Waals surface area contributed by atoms with Crippen molar-refractivity contribution in [3.8, 4) is 11.5 Å². The lowest BCUT2D eigenvalue weighted by atomic mass is 9.96. The molecule has 2 aliphatic carbocycles. The monoisotopic (exact) mass is 752 g/mol. The number of amides is 3. The molecule has 294 valence electrons. The van der Waals surface area contributed by atoms with Gasteiger partial charge in [0.25, 0.3) is 17.4 Å². The number of likely N-dealkylation sites (tertiary alicyclic amines) is 1. The summed E-state index contributed by atoms with van der Waals surface area (Å²) in [6, 6.07) is 15.9. The zero-order valence-electron chi connectivity index (χ0n) is 32.5. The quantitative estimate of drug-likeness (QED) is 0.151. The second-order valence-electron chi connectivity index (χ2n) is 15.4. The second kappa shape index (κ2) is 19.1. The Morgan fingerprint density at radius 3 is 2.33 bits per heavy atom. The number of benzene rings is 2. The van der Waals surface area contributed by atoms with Crippen LogP contribution in [0.2, 0.25) is 0 Å². The number of carbonyl (C=O) groups excluding carboxylic acids is 3. The lowest BCUT2D eigenvalue weighted by Crippen LogP contribution is -2.46. The van der Waals surface area contributed by atoms with Gasteiger partial charge in [-0.05, 0) is 95.4 Å². The Labute approximate surface area is 323 Å². The van der Waals surface area contributed by atoms with Gasteiger partial charge in [0.1, 0.15) is 17.2 Å². The molecule has 4 aliphatic rings. The minimum Gasteiger partial charge on any atom is -0.490 e. The fraction of sp³-hybridized carbons (Fsp3) is 0.512. The van der Waals surface area contributed by atoms with E-state index in [1.165, 1.54) is 76.1 Å². The highest BCUT2D eigenvalue weighted by molar-refractivity contribution is 6.08. The molecule has 3 amide bonds. The van der Waals surface area contributed by atoms with Crippen LogP contribution in [0.5, 0.6) is 11.5 Å². The van der Waals surface area contributed by atoms with Crippen LogP contribution >= 0.6 is 0 Å². The van der Waals surface area contributed by atoms with E-state index in [0.717, 1.165) is 30.2 Å². The molecule has 2 aromatic heterocycles. The summed E-state index contributed by atoms with van der Waals surface area (Å²) < 4.78 is 13.6. The highest BCUT2D eigenvalue weighted by atomic mass is 16.5. The van der Waals surface area contributed by atoms with Crippen molar-refractivity contribution in [3.05, 3.63) is 82.4 Å². The molecule has 2 saturated carbocycles. The average Bonchev–Trinajstić information content (AvgIpc) is 4.01. The molecule has 3 N–H and O–H groups in total. The van der Waals surface area contributed by atoms with Crippen molar-refractivity contribution in [1.29, 1.82) is 0 Å². The molecule has 4 aromatic rings. The standard InChI is InChI=1S/C22H26N4O3.C18H24N2O3.C3H6/c1-14(2)29-20-12-19-15(13-26(25-19)16-7-4-3-5-8-16)11-17(20)21(27)24-18-9-6-10-23-22(18)28;1-20-11-3-2-4-14(20)12-13-5-7-15(8-6-13)23-16-9-10-17(21)19-18(16)22;1-2-3-1/h6,9-14,16H,3-5,7-8H2,1-2H3,(H,23,28)(H,24,27);5-8,14,16H,2-4,9-12H2,1H3,(H,19,21,22);1-3H2. The van der Waals surface area contributed by atoms with E-state index in [1.54, 1.807) is 18.2 Å². The predicted octanol–water partition coefficient (Wildman–Crippen LogP) is 7.34. The Bertz CT molecular complexity index is 1960. The summed E-state index contributed by atoms with van der Waals surface area (Å²) in [5, 5.41) is 10.6. The van der Waals surface area contributed by atoms with E-state index in [4.69, 9.17) is 14.6 Å². The molecule has 2 atom stereocenters. The molecule has 4 fully saturated rings. The topological polar surface area (TPSA) is 148 Å². The summed E-state index contributed by atoms with van der Waals surface area (Å²) in [6.45, 7) is 5.00. The molecule has 2 aliphatic heterocycles. The van der Waals surface area contributed by atoms with E-state index < -0.39 is 6.10 Å². The average molecular weight is 753 g/mol. The summed E-state index contributed by atoms with van der Waals surface area (Å²) >= 11 is 0. The summed E-state index contributed by atoms with van der Waals surface area (Å²) in [7, 11) is 2.20. The fourth-order valence-electron chi connectivity index (χ4n) is 7.17. The van der Waals surface area contributed by atoms with E-state index in [-0.39, 0.29) is 35.1 Å². The van der Waals surface area contributed by atoms with Crippen molar-refractivity contribution in [3.63, 3.8) is 0 Å². The van der Waals surface area contributed by atoms with E-state index in [1.807, 2.05) is 42.9 Å². The molecule has 8 rings (SSSR count). The van der Waals surface area contributed by atoms with Gasteiger partial charge in [-0.2, -0.15) is 5.10 Å². The third-order valence-electron chi connectivity index (χ3n) is 10.4. The summed E-state index contributed by atoms with van der Waals surface area (Å²) in [4.78, 5) is 52.7. The van der Waals surface area contributed by atoms with E-state index in [0.29, 0.717) is 42.0 Å². The van der Waals surface area contributed by atoms with Gasteiger partial charge in [0.05, 0.1) is 23.2 Å². The van der Waals surface area contributed by atoms with Gasteiger partial charge in [0.15, 0.2) is 6.10 Å². The number of piperidine rings is 2. The first kappa shape index (κ1) is 39.7. The van der Waals surface area contributed by atoms with Gasteiger partial charge >= 0.3 is 0 Å². The fourth-order valence-corrected chi connectivity index (χ4v) is 7.17. The number of pyridine rings is 1. The molecule has 12 heteroatoms. The first-order valence-electron chi connectivity index (χ1n) is 20.1. The Balaban J connectivity index is 0.000000177. The second-order valence-corrected chi connectivity index (χ2v) is 15.4. The Kier molecular flexibility index (Phi) is 13.8. The number of nitrogens with one attached hydrogen (secondary N) is 3. The van der Waals surface area contributed by atoms with Gasteiger partial charge in [0.2, 0.25) is 5.91 Å². The highest BCUT2D eigenvalue weighted by Gasteiger charge is 2.28. The minimum absolute atomic E-state index is 0.0976. The van der Waals surface area contributed by atoms with Crippen LogP contribution in [0.3, 0.4) is 0 Å². The van der Waals surface area contributed by atoms with Crippen molar-refractivity contribution in [2.45, 2.75) is 128 Å². The SMILES string of the molecule is C1CC1.CC(C)Oc1cc2nn(C3CCCCC3)cc2cc1C(=O)Nc1ccc[nH]c1=O.CN1CCCCC1Cc1ccc(OC2CCC(=O)NC2=O)cc1. The number of carbonyl (C=O) groups is 3. The summed E-state index contributed by atoms with van der Waals surface area (Å²) in [5.74, 6) is 0.201. The zero-order chi connectivity index (χ0) is 38.7. The van der Waals surface area contributed by atoms with E-state index in [9.17, 15) is 19.2 Å². The van der Waals surface area contributed by atoms with Crippen LogP contribution in [0.1, 0.15) is 119 Å². The number of aromatic nitrogens is 3. The predicted molar refractivity (Wildman–Crippen MR) is 214 cm³/mol. The lowest BCUT2D eigenvalue weighted by molar-refractivity contribution is -0.138. The smallest absolute Gasteiger partial charge is 0.271 e. The Morgan fingerprint density at radius 1 is 0.927 bits per heavy atom. The molecule has 4 heterocycles. The molecular formula is C43H56N6O6. The van der Waals surface area contributed by atoms with Gasteiger partial charge in [-0.15, -0.1) is 0 Å². The van der Waals surface area contributed by atoms with Crippen molar-refractivity contribution >= 4 is 34.3 Å². The number of hydrogen-bond donors (Lipinski definition) is 3. The number of anilines is 1. The zero-order valence-corrected chi connectivity index (χ0v) is 32.5. The number of aromatic amines is 1. The van der Waals surface area contributed by atoms with Gasteiger partial charge in [-0.1, -0.05) is 57.1 Å². The molecular weight excluding hydrogens is 697 g/mol. The van der Waals surface area contributed by atoms with Crippen molar-refractivity contribution in [1.82, 2.24) is 25.0 Å². The number of H-pyrrole nitrogens is 1. The number of hydrogen-bond acceptors (Lipinski definition) is 8. The minimum atomic E-state index is -0.567. The van der Waals surface area contributed by atoms with E-state index >= 15 is 0 Å². The summed E-state index contributed by atoms with van der Waals surface area (Å²) in [6.07, 6.45) is 19.1. The van der Waals surface area contributed by atoms with Crippen LogP contribution in [0, 0.1) is 0 Å². The third-order valence-corrected chi connectivity index (χ3v) is 10.4. The van der Waals surface area contributed by atoms with E-state index in [2.05, 4.69) is 39.7 Å². The first-order chi connectivity index (χ1) is 26.6. The first-order valence-corrected chi connectivity index (χ1v) is 20.1. The van der Waals surface area contributed by atoms with Crippen molar-refractivity contribution in [2.75, 3.05) is 18.9 Å². The van der Waals surface area contributed by atoms with Gasteiger partial charge in [-0.25, -0.2) is 0 Å². The largest absolute Gasteiger partial charge is 0.490 e. The van der Waals surface area contributed by atoms with Crippen molar-refractivity contribution < 1.29 is 23.9 Å². The molecule has 0 spiro atoms. The Hall–Kier alpha value is -4.97. The number of likely N-dealkylation sites (N-methyl/N-ethyl adjacent to an activating group) is 1. The maximum atomic E-state index is 12.9. The molecule has 2 saturated heterocycles. The normalized spacial score (nSPS) is 20.1. The summed E-state index contributed by atoms with van der Waals surface area (Å²) in [5.41, 5.74) is 2.33. The molecule has 55 heavy (non-hydrogen) atoms. The van der Waals surface area contributed by atoms with Crippen LogP contribution in [-0.4, -0.2) is 69.2 Å². The van der Waals surface area contributed by atoms with Crippen LogP contribution in [0.25, 0.3) is 10.9 Å². The third kappa shape index (κ3) is 11.5. The number of ether oxygens (including phenoxy) is 2. The van der Waals surface area contributed by atoms with Gasteiger partial charge in [-0.3, -0.25) is 29.2 Å². The van der Waals surface area contributed by atoms with Crippen LogP contribution in [0.15, 0.2) is 65.7 Å². The molecule has 0 radical (unpaired) electrons.